The number of aromatic nitrogens is 5. The molecule has 4 heterocycles. The lowest BCUT2D eigenvalue weighted by Crippen LogP contribution is -2.37. The molecule has 1 atom stereocenters. The summed E-state index contributed by atoms with van der Waals surface area (Å²) in [4.78, 5) is 16.0. The largest absolute Gasteiger partial charge is 0.382 e. The van der Waals surface area contributed by atoms with E-state index >= 15 is 0 Å². The molecule has 3 aromatic heterocycles. The van der Waals surface area contributed by atoms with Crippen LogP contribution in [0.2, 0.25) is 0 Å². The third-order valence-corrected chi connectivity index (χ3v) is 5.95. The van der Waals surface area contributed by atoms with Crippen LogP contribution in [0, 0.1) is 17.6 Å². The highest BCUT2D eigenvalue weighted by Gasteiger charge is 2.24. The van der Waals surface area contributed by atoms with Crippen LogP contribution in [0.3, 0.4) is 0 Å². The topological polar surface area (TPSA) is 106 Å². The molecule has 9 nitrogen and oxygen atoms in total. The number of morpholine rings is 1. The van der Waals surface area contributed by atoms with Gasteiger partial charge in [-0.15, -0.1) is 5.10 Å². The molecular formula is C24H32F2N8O. The Bertz CT molecular complexity index is 1370. The summed E-state index contributed by atoms with van der Waals surface area (Å²) in [6, 6.07) is 6.66. The molecule has 1 aliphatic heterocycles. The van der Waals surface area contributed by atoms with Gasteiger partial charge in [0.25, 0.3) is 0 Å². The maximum Gasteiger partial charge on any atom is 0.228 e. The smallest absolute Gasteiger partial charge is 0.228 e. The highest BCUT2D eigenvalue weighted by atomic mass is 19.1. The number of hydrogen-bond donors (Lipinski definition) is 2. The van der Waals surface area contributed by atoms with E-state index in [4.69, 9.17) is 20.4 Å². The van der Waals surface area contributed by atoms with E-state index in [1.165, 1.54) is 12.1 Å². The number of nitrogens with one attached hydrogen (secondary N) is 1. The van der Waals surface area contributed by atoms with Crippen LogP contribution in [-0.2, 0) is 4.74 Å². The van der Waals surface area contributed by atoms with Crippen LogP contribution in [-0.4, -0.2) is 50.9 Å². The Morgan fingerprint density at radius 1 is 1.14 bits per heavy atom. The van der Waals surface area contributed by atoms with Crippen molar-refractivity contribution in [2.24, 2.45) is 5.92 Å². The minimum Gasteiger partial charge on any atom is -0.382 e. The second-order valence-electron chi connectivity index (χ2n) is 8.72. The van der Waals surface area contributed by atoms with Crippen molar-refractivity contribution < 1.29 is 17.8 Å². The van der Waals surface area contributed by atoms with Gasteiger partial charge in [0.1, 0.15) is 17.5 Å². The van der Waals surface area contributed by atoms with Crippen LogP contribution in [0.25, 0.3) is 16.9 Å². The fraction of sp³-hybridized carbons (Fsp3) is 0.333. The quantitative estimate of drug-likeness (QED) is 0.412. The van der Waals surface area contributed by atoms with Crippen LogP contribution in [0.1, 0.15) is 29.7 Å². The van der Waals surface area contributed by atoms with Gasteiger partial charge in [-0.3, -0.25) is 0 Å². The van der Waals surface area contributed by atoms with Gasteiger partial charge in [0.05, 0.1) is 30.5 Å². The predicted molar refractivity (Wildman–Crippen MR) is 135 cm³/mol. The molecule has 3 N–H and O–H groups in total. The van der Waals surface area contributed by atoms with Crippen LogP contribution < -0.4 is 16.0 Å². The fourth-order valence-corrected chi connectivity index (χ4v) is 4.21. The summed E-state index contributed by atoms with van der Waals surface area (Å²) < 4.78 is 35.3. The van der Waals surface area contributed by atoms with Gasteiger partial charge in [0.2, 0.25) is 5.95 Å². The molecule has 1 fully saturated rings. The van der Waals surface area contributed by atoms with Crippen LogP contribution in [0.15, 0.2) is 42.7 Å². The molecule has 0 radical (unpaired) electrons. The van der Waals surface area contributed by atoms with E-state index in [1.807, 2.05) is 18.7 Å². The maximum absolute atomic E-state index is 14.7. The van der Waals surface area contributed by atoms with Gasteiger partial charge >= 0.3 is 0 Å². The third kappa shape index (κ3) is 4.59. The molecule has 1 saturated heterocycles. The molecule has 0 unspecified atom stereocenters. The number of ether oxygens (including phenoxy) is 1. The number of hydrogen-bond acceptors (Lipinski definition) is 8. The van der Waals surface area contributed by atoms with E-state index in [0.29, 0.717) is 60.5 Å². The minimum atomic E-state index is -0.622. The van der Waals surface area contributed by atoms with E-state index in [2.05, 4.69) is 15.4 Å². The molecule has 0 amide bonds. The maximum atomic E-state index is 14.7. The highest BCUT2D eigenvalue weighted by Crippen LogP contribution is 2.33. The van der Waals surface area contributed by atoms with E-state index in [0.717, 1.165) is 6.07 Å². The molecule has 1 aliphatic rings. The molecule has 4 aromatic rings. The minimum absolute atomic E-state index is 0. The van der Waals surface area contributed by atoms with Gasteiger partial charge < -0.3 is 20.7 Å². The van der Waals surface area contributed by atoms with Crippen molar-refractivity contribution in [1.29, 1.82) is 0 Å². The molecule has 35 heavy (non-hydrogen) atoms. The lowest BCUT2D eigenvalue weighted by Gasteiger charge is -2.28. The van der Waals surface area contributed by atoms with Crippen LogP contribution >= 0.6 is 0 Å². The number of nitrogens with two attached hydrogens (primary N) is 1. The van der Waals surface area contributed by atoms with Gasteiger partial charge in [-0.25, -0.2) is 23.3 Å². The normalized spacial score (nSPS) is 15.1. The van der Waals surface area contributed by atoms with Crippen LogP contribution in [0.5, 0.6) is 0 Å². The summed E-state index contributed by atoms with van der Waals surface area (Å²) in [6.45, 7) is 6.30. The molecule has 0 aliphatic carbocycles. The number of nitrogen functional groups attached to an aromatic ring is 1. The first-order valence-electron chi connectivity index (χ1n) is 11.4. The standard InChI is InChI=1S/C24H26F2N8O.3H2/c1-14(2)21(16-5-4-15(25)12-17(16)26)30-19-13-18(29-24(31-19)33-8-10-35-11-9-33)20-22(27)32-34-7-3-6-28-23(20)34;;;/h3-7,12-14,21H,8-11H2,1-2H3,(H2,27,32)(H,29,30,31);3*1H/t21-;;;/m1.../s1. The van der Waals surface area contributed by atoms with E-state index in [-0.39, 0.29) is 16.0 Å². The van der Waals surface area contributed by atoms with Crippen molar-refractivity contribution in [3.63, 3.8) is 0 Å². The Hall–Kier alpha value is -3.86. The number of nitrogens with zero attached hydrogens (tertiary/aromatic N) is 6. The van der Waals surface area contributed by atoms with Crippen LogP contribution in [0.4, 0.5) is 26.4 Å². The number of anilines is 3. The fourth-order valence-electron chi connectivity index (χ4n) is 4.21. The number of benzene rings is 1. The molecular weight excluding hydrogens is 454 g/mol. The molecule has 5 rings (SSSR count). The molecule has 0 saturated carbocycles. The van der Waals surface area contributed by atoms with Crippen molar-refractivity contribution in [1.82, 2.24) is 24.6 Å². The zero-order valence-corrected chi connectivity index (χ0v) is 19.4. The summed E-state index contributed by atoms with van der Waals surface area (Å²) in [5, 5.41) is 7.69. The average Bonchev–Trinajstić information content (AvgIpc) is 3.19. The predicted octanol–water partition coefficient (Wildman–Crippen LogP) is 4.43. The van der Waals surface area contributed by atoms with Gasteiger partial charge in [-0.1, -0.05) is 19.9 Å². The Kier molecular flexibility index (Phi) is 6.16. The van der Waals surface area contributed by atoms with Crippen molar-refractivity contribution >= 4 is 23.2 Å². The summed E-state index contributed by atoms with van der Waals surface area (Å²) in [5.41, 5.74) is 8.31. The Balaban J connectivity index is 0.00000169. The number of halogens is 2. The zero-order valence-electron chi connectivity index (χ0n) is 19.4. The second-order valence-corrected chi connectivity index (χ2v) is 8.72. The van der Waals surface area contributed by atoms with Gasteiger partial charge in [-0.2, -0.15) is 4.98 Å². The molecule has 0 bridgehead atoms. The lowest BCUT2D eigenvalue weighted by atomic mass is 9.95. The number of fused-ring (bicyclic) bond motifs is 1. The Labute approximate surface area is 205 Å². The third-order valence-electron chi connectivity index (χ3n) is 5.95. The van der Waals surface area contributed by atoms with Gasteiger partial charge in [-0.05, 0) is 18.1 Å². The average molecular weight is 487 g/mol. The summed E-state index contributed by atoms with van der Waals surface area (Å²) in [7, 11) is 0. The highest BCUT2D eigenvalue weighted by molar-refractivity contribution is 5.85. The summed E-state index contributed by atoms with van der Waals surface area (Å²) in [6.07, 6.45) is 3.42. The molecule has 0 spiro atoms. The van der Waals surface area contributed by atoms with Gasteiger partial charge in [0, 0.05) is 47.5 Å². The van der Waals surface area contributed by atoms with E-state index < -0.39 is 17.7 Å². The monoisotopic (exact) mass is 486 g/mol. The number of rotatable bonds is 6. The van der Waals surface area contributed by atoms with Gasteiger partial charge in [0.15, 0.2) is 11.5 Å². The molecule has 11 heteroatoms. The van der Waals surface area contributed by atoms with E-state index in [1.54, 1.807) is 29.0 Å². The second kappa shape index (κ2) is 9.41. The zero-order chi connectivity index (χ0) is 24.5. The summed E-state index contributed by atoms with van der Waals surface area (Å²) >= 11 is 0. The van der Waals surface area contributed by atoms with Crippen molar-refractivity contribution in [3.8, 4) is 11.3 Å². The Morgan fingerprint density at radius 3 is 2.69 bits per heavy atom. The first kappa shape index (κ1) is 22.9. The van der Waals surface area contributed by atoms with Crippen molar-refractivity contribution in [2.45, 2.75) is 19.9 Å². The summed E-state index contributed by atoms with van der Waals surface area (Å²) in [5.74, 6) is -0.00689. The SMILES string of the molecule is CC(C)[C@@H](Nc1cc(-c2c(N)nn3cccnc23)nc(N2CCOCC2)n1)c1ccc(F)cc1F.[HH].[HH].[HH]. The van der Waals surface area contributed by atoms with Crippen molar-refractivity contribution in [3.05, 3.63) is 59.9 Å². The van der Waals surface area contributed by atoms with E-state index in [9.17, 15) is 8.78 Å². The molecule has 1 aromatic carbocycles. The molecule has 188 valence electrons. The van der Waals surface area contributed by atoms with Crippen molar-refractivity contribution in [2.75, 3.05) is 42.3 Å². The Morgan fingerprint density at radius 2 is 1.94 bits per heavy atom. The first-order valence-corrected chi connectivity index (χ1v) is 11.4. The lowest BCUT2D eigenvalue weighted by molar-refractivity contribution is 0.122. The first-order chi connectivity index (χ1) is 16.9.